The number of hydrogen-bond donors (Lipinski definition) is 1. The molecule has 0 saturated heterocycles. The average Bonchev–Trinajstić information content (AvgIpc) is 2.88. The molecule has 0 unspecified atom stereocenters. The zero-order chi connectivity index (χ0) is 16.4. The number of halogens is 1. The van der Waals surface area contributed by atoms with E-state index in [4.69, 9.17) is 11.6 Å². The van der Waals surface area contributed by atoms with Crippen LogP contribution in [0.5, 0.6) is 0 Å². The lowest BCUT2D eigenvalue weighted by Gasteiger charge is -2.24. The molecule has 0 aromatic heterocycles. The first-order valence-electron chi connectivity index (χ1n) is 7.95. The van der Waals surface area contributed by atoms with E-state index in [1.807, 2.05) is 54.3 Å². The van der Waals surface area contributed by atoms with Gasteiger partial charge in [0.1, 0.15) is 0 Å². The van der Waals surface area contributed by atoms with Crippen LogP contribution in [0.4, 0.5) is 5.69 Å². The fourth-order valence-electron chi connectivity index (χ4n) is 3.21. The van der Waals surface area contributed by atoms with Crippen molar-refractivity contribution >= 4 is 23.2 Å². The third-order valence-corrected chi connectivity index (χ3v) is 4.75. The van der Waals surface area contributed by atoms with Crippen LogP contribution < -0.4 is 10.2 Å². The normalized spacial score (nSPS) is 17.9. The summed E-state index contributed by atoms with van der Waals surface area (Å²) in [5, 5.41) is 4.01. The minimum atomic E-state index is 0.0285. The molecular formula is C19H21ClN2O. The molecule has 0 radical (unpaired) electrons. The van der Waals surface area contributed by atoms with Gasteiger partial charge in [-0.3, -0.25) is 4.79 Å². The number of nitrogens with one attached hydrogen (secondary N) is 1. The highest BCUT2D eigenvalue weighted by molar-refractivity contribution is 6.31. The number of carbonyl (C=O) groups excluding carboxylic acids is 1. The van der Waals surface area contributed by atoms with E-state index in [9.17, 15) is 4.79 Å². The second-order valence-corrected chi connectivity index (χ2v) is 6.48. The summed E-state index contributed by atoms with van der Waals surface area (Å²) in [4.78, 5) is 14.6. The minimum Gasteiger partial charge on any atom is -0.308 e. The van der Waals surface area contributed by atoms with Crippen molar-refractivity contribution in [2.75, 3.05) is 11.4 Å². The lowest BCUT2D eigenvalue weighted by molar-refractivity contribution is -0.118. The molecule has 1 N–H and O–H groups in total. The van der Waals surface area contributed by atoms with Crippen LogP contribution in [0.25, 0.3) is 0 Å². The fourth-order valence-corrected chi connectivity index (χ4v) is 3.51. The largest absolute Gasteiger partial charge is 0.308 e. The van der Waals surface area contributed by atoms with E-state index in [0.29, 0.717) is 6.54 Å². The van der Waals surface area contributed by atoms with Crippen LogP contribution in [-0.4, -0.2) is 18.5 Å². The van der Waals surface area contributed by atoms with E-state index >= 15 is 0 Å². The highest BCUT2D eigenvalue weighted by Crippen LogP contribution is 2.31. The summed E-state index contributed by atoms with van der Waals surface area (Å²) < 4.78 is 0. The molecule has 0 saturated carbocycles. The van der Waals surface area contributed by atoms with Crippen molar-refractivity contribution in [3.63, 3.8) is 0 Å². The molecule has 1 heterocycles. The van der Waals surface area contributed by atoms with Gasteiger partial charge in [0.2, 0.25) is 5.91 Å². The highest BCUT2D eigenvalue weighted by atomic mass is 35.5. The van der Waals surface area contributed by atoms with Crippen LogP contribution in [0.3, 0.4) is 0 Å². The number of para-hydroxylation sites is 1. The van der Waals surface area contributed by atoms with Crippen LogP contribution in [0, 0.1) is 0 Å². The van der Waals surface area contributed by atoms with Crippen LogP contribution in [0.1, 0.15) is 31.0 Å². The van der Waals surface area contributed by atoms with Gasteiger partial charge in [-0.05, 0) is 43.5 Å². The smallest absolute Gasteiger partial charge is 0.241 e. The van der Waals surface area contributed by atoms with Crippen molar-refractivity contribution in [1.29, 1.82) is 0 Å². The Hall–Kier alpha value is -1.84. The lowest BCUT2D eigenvalue weighted by Crippen LogP contribution is -2.42. The molecule has 1 aliphatic rings. The van der Waals surface area contributed by atoms with Crippen LogP contribution in [0.2, 0.25) is 5.02 Å². The lowest BCUT2D eigenvalue weighted by atomic mass is 10.1. The fraction of sp³-hybridized carbons (Fsp3) is 0.316. The molecule has 0 bridgehead atoms. The Bertz CT molecular complexity index is 716. The predicted octanol–water partition coefficient (Wildman–Crippen LogP) is 3.97. The van der Waals surface area contributed by atoms with Crippen molar-refractivity contribution in [3.8, 4) is 0 Å². The molecular weight excluding hydrogens is 308 g/mol. The third kappa shape index (κ3) is 3.26. The summed E-state index contributed by atoms with van der Waals surface area (Å²) in [6.45, 7) is 4.41. The Morgan fingerprint density at radius 3 is 2.74 bits per heavy atom. The molecule has 3 nitrogen and oxygen atoms in total. The van der Waals surface area contributed by atoms with Gasteiger partial charge in [0, 0.05) is 22.8 Å². The van der Waals surface area contributed by atoms with Gasteiger partial charge in [-0.1, -0.05) is 48.0 Å². The van der Waals surface area contributed by atoms with Crippen molar-refractivity contribution in [3.05, 3.63) is 64.7 Å². The quantitative estimate of drug-likeness (QED) is 0.921. The van der Waals surface area contributed by atoms with Crippen molar-refractivity contribution in [2.45, 2.75) is 32.4 Å². The average molecular weight is 329 g/mol. The zero-order valence-electron chi connectivity index (χ0n) is 13.4. The van der Waals surface area contributed by atoms with Crippen molar-refractivity contribution in [2.24, 2.45) is 0 Å². The van der Waals surface area contributed by atoms with Gasteiger partial charge in [-0.25, -0.2) is 0 Å². The number of rotatable bonds is 4. The van der Waals surface area contributed by atoms with E-state index in [1.54, 1.807) is 0 Å². The molecule has 2 aromatic rings. The van der Waals surface area contributed by atoms with Crippen molar-refractivity contribution in [1.82, 2.24) is 5.32 Å². The molecule has 0 aliphatic carbocycles. The first-order chi connectivity index (χ1) is 11.1. The van der Waals surface area contributed by atoms with Gasteiger partial charge >= 0.3 is 0 Å². The summed E-state index contributed by atoms with van der Waals surface area (Å²) >= 11 is 6.22. The van der Waals surface area contributed by atoms with Gasteiger partial charge in [-0.2, -0.15) is 0 Å². The standard InChI is InChI=1S/C19H21ClN2O/c1-13-11-15-7-3-6-10-18(15)22(13)19(23)12-21-14(2)16-8-4-5-9-17(16)20/h3-10,13-14,21H,11-12H2,1-2H3/t13-,14+/m0/s1. The Morgan fingerprint density at radius 2 is 1.96 bits per heavy atom. The highest BCUT2D eigenvalue weighted by Gasteiger charge is 2.30. The maximum absolute atomic E-state index is 12.7. The van der Waals surface area contributed by atoms with Gasteiger partial charge in [0.25, 0.3) is 0 Å². The monoisotopic (exact) mass is 328 g/mol. The van der Waals surface area contributed by atoms with Gasteiger partial charge < -0.3 is 10.2 Å². The number of anilines is 1. The molecule has 23 heavy (non-hydrogen) atoms. The molecule has 0 fully saturated rings. The first kappa shape index (κ1) is 16.0. The van der Waals surface area contributed by atoms with Gasteiger partial charge in [0.15, 0.2) is 0 Å². The van der Waals surface area contributed by atoms with E-state index in [0.717, 1.165) is 22.7 Å². The van der Waals surface area contributed by atoms with Gasteiger partial charge in [-0.15, -0.1) is 0 Å². The second-order valence-electron chi connectivity index (χ2n) is 6.07. The number of nitrogens with zero attached hydrogens (tertiary/aromatic N) is 1. The number of hydrogen-bond acceptors (Lipinski definition) is 2. The second kappa shape index (κ2) is 6.73. The Labute approximate surface area is 142 Å². The van der Waals surface area contributed by atoms with Crippen LogP contribution >= 0.6 is 11.6 Å². The molecule has 1 amide bonds. The maximum Gasteiger partial charge on any atom is 0.241 e. The summed E-state index contributed by atoms with van der Waals surface area (Å²) in [7, 11) is 0. The minimum absolute atomic E-state index is 0.0285. The summed E-state index contributed by atoms with van der Waals surface area (Å²) in [6, 6.07) is 16.1. The van der Waals surface area contributed by atoms with E-state index < -0.39 is 0 Å². The van der Waals surface area contributed by atoms with Crippen LogP contribution in [0.15, 0.2) is 48.5 Å². The summed E-state index contributed by atoms with van der Waals surface area (Å²) in [5.41, 5.74) is 3.29. The number of benzene rings is 2. The summed E-state index contributed by atoms with van der Waals surface area (Å²) in [5.74, 6) is 0.0985. The molecule has 2 atom stereocenters. The van der Waals surface area contributed by atoms with Crippen molar-refractivity contribution < 1.29 is 4.79 Å². The maximum atomic E-state index is 12.7. The Balaban J connectivity index is 1.67. The number of amides is 1. The van der Waals surface area contributed by atoms with E-state index in [-0.39, 0.29) is 18.0 Å². The third-order valence-electron chi connectivity index (χ3n) is 4.41. The van der Waals surface area contributed by atoms with E-state index in [1.165, 1.54) is 5.56 Å². The Kier molecular flexibility index (Phi) is 4.69. The molecule has 0 spiro atoms. The molecule has 3 rings (SSSR count). The zero-order valence-corrected chi connectivity index (χ0v) is 14.2. The van der Waals surface area contributed by atoms with Gasteiger partial charge in [0.05, 0.1) is 6.54 Å². The Morgan fingerprint density at radius 1 is 1.26 bits per heavy atom. The molecule has 120 valence electrons. The topological polar surface area (TPSA) is 32.3 Å². The van der Waals surface area contributed by atoms with Crippen LogP contribution in [-0.2, 0) is 11.2 Å². The molecule has 2 aromatic carbocycles. The molecule has 1 aliphatic heterocycles. The molecule has 4 heteroatoms. The predicted molar refractivity (Wildman–Crippen MR) is 95.0 cm³/mol. The SMILES string of the molecule is C[C@@H](NCC(=O)N1c2ccccc2C[C@@H]1C)c1ccccc1Cl. The number of carbonyl (C=O) groups is 1. The number of fused-ring (bicyclic) bond motifs is 1. The summed E-state index contributed by atoms with van der Waals surface area (Å²) in [6.07, 6.45) is 0.919. The first-order valence-corrected chi connectivity index (χ1v) is 8.33. The van der Waals surface area contributed by atoms with E-state index in [2.05, 4.69) is 18.3 Å².